The molecule has 3 rings (SSSR count). The van der Waals surface area contributed by atoms with E-state index >= 15 is 0 Å². The summed E-state index contributed by atoms with van der Waals surface area (Å²) >= 11 is 0. The van der Waals surface area contributed by atoms with Gasteiger partial charge in [0.15, 0.2) is 0 Å². The van der Waals surface area contributed by atoms with Crippen LogP contribution in [0.25, 0.3) is 0 Å². The minimum Gasteiger partial charge on any atom is -0.460 e. The number of carbonyl (C=O) groups is 1. The number of H-pyrrole nitrogens is 2. The lowest BCUT2D eigenvalue weighted by molar-refractivity contribution is 0.0162. The molecule has 194 valence electrons. The lowest BCUT2D eigenvalue weighted by atomic mass is 10.2. The van der Waals surface area contributed by atoms with Crippen LogP contribution in [0.3, 0.4) is 0 Å². The average molecular weight is 504 g/mol. The number of nitrogens with one attached hydrogen (secondary N) is 2. The van der Waals surface area contributed by atoms with Crippen LogP contribution in [0.2, 0.25) is 0 Å². The van der Waals surface area contributed by atoms with E-state index in [0.29, 0.717) is 16.7 Å². The molecule has 0 saturated heterocycles. The molecule has 0 unspecified atom stereocenters. The van der Waals surface area contributed by atoms with Crippen LogP contribution in [0.5, 0.6) is 0 Å². The molecule has 0 spiro atoms. The van der Waals surface area contributed by atoms with Crippen molar-refractivity contribution in [2.75, 3.05) is 26.4 Å². The molecule has 3 N–H and O–H groups in total. The van der Waals surface area contributed by atoms with E-state index in [4.69, 9.17) is 19.3 Å². The van der Waals surface area contributed by atoms with E-state index in [-0.39, 0.29) is 39.9 Å². The van der Waals surface area contributed by atoms with Gasteiger partial charge in [0, 0.05) is 23.5 Å². The highest BCUT2D eigenvalue weighted by molar-refractivity contribution is 5.89. The first-order chi connectivity index (χ1) is 17.2. The molecule has 2 aromatic heterocycles. The van der Waals surface area contributed by atoms with Crippen molar-refractivity contribution in [1.29, 1.82) is 0 Å². The maximum absolute atomic E-state index is 11.6. The van der Waals surface area contributed by atoms with Gasteiger partial charge in [-0.2, -0.15) is 0 Å². The number of esters is 1. The fraction of sp³-hybridized carbons (Fsp3) is 0.348. The van der Waals surface area contributed by atoms with Crippen molar-refractivity contribution in [1.82, 2.24) is 19.1 Å². The van der Waals surface area contributed by atoms with Crippen LogP contribution in [0, 0.1) is 13.8 Å². The number of ether oxygens (including phenoxy) is 3. The smallest absolute Gasteiger partial charge is 0.338 e. The Labute approximate surface area is 204 Å². The van der Waals surface area contributed by atoms with Gasteiger partial charge in [0.2, 0.25) is 0 Å². The van der Waals surface area contributed by atoms with E-state index in [1.54, 1.807) is 38.1 Å². The standard InChI is InChI=1S/C15H16N2O5.C8H12N2O4/c1-11-9-17(15(20)16-13(11)18)10-21-7-8-22-14(19)12-5-3-2-4-6-12;1-6-4-10(5-14-3-2-11)8(13)9-7(6)12/h2-6,9H,7-8,10H2,1H3,(H,16,18,20);4,11H,2-3,5H2,1H3,(H,9,12,13). The normalized spacial score (nSPS) is 10.4. The summed E-state index contributed by atoms with van der Waals surface area (Å²) in [5.74, 6) is -0.429. The zero-order valence-electron chi connectivity index (χ0n) is 19.9. The van der Waals surface area contributed by atoms with Gasteiger partial charge in [-0.1, -0.05) is 18.2 Å². The number of aromatic amines is 2. The summed E-state index contributed by atoms with van der Waals surface area (Å²) in [5, 5.41) is 8.44. The van der Waals surface area contributed by atoms with Crippen LogP contribution in [0.4, 0.5) is 0 Å². The summed E-state index contributed by atoms with van der Waals surface area (Å²) in [6.45, 7) is 3.46. The number of rotatable bonds is 10. The summed E-state index contributed by atoms with van der Waals surface area (Å²) in [4.78, 5) is 60.8. The maximum atomic E-state index is 11.6. The number of hydrogen-bond acceptors (Lipinski definition) is 9. The van der Waals surface area contributed by atoms with Gasteiger partial charge in [-0.05, 0) is 26.0 Å². The Kier molecular flexibility index (Phi) is 11.2. The fourth-order valence-corrected chi connectivity index (χ4v) is 2.67. The van der Waals surface area contributed by atoms with E-state index < -0.39 is 28.5 Å². The summed E-state index contributed by atoms with van der Waals surface area (Å²) in [5.41, 5.74) is -0.548. The molecule has 0 radical (unpaired) electrons. The summed E-state index contributed by atoms with van der Waals surface area (Å²) in [6, 6.07) is 8.62. The molecule has 1 aromatic carbocycles. The Morgan fingerprint density at radius 1 is 0.806 bits per heavy atom. The first kappa shape index (κ1) is 28.2. The predicted molar refractivity (Wildman–Crippen MR) is 128 cm³/mol. The van der Waals surface area contributed by atoms with Crippen LogP contribution in [0.1, 0.15) is 21.5 Å². The van der Waals surface area contributed by atoms with Crippen molar-refractivity contribution in [3.05, 3.63) is 101 Å². The first-order valence-corrected chi connectivity index (χ1v) is 10.8. The van der Waals surface area contributed by atoms with Gasteiger partial charge in [0.25, 0.3) is 11.1 Å². The Balaban J connectivity index is 0.000000281. The highest BCUT2D eigenvalue weighted by Gasteiger charge is 2.06. The van der Waals surface area contributed by atoms with Crippen molar-refractivity contribution >= 4 is 5.97 Å². The van der Waals surface area contributed by atoms with E-state index in [2.05, 4.69) is 9.97 Å². The minimum absolute atomic E-state index is 0.0248. The van der Waals surface area contributed by atoms with E-state index in [1.165, 1.54) is 21.5 Å². The number of aliphatic hydroxyl groups is 1. The van der Waals surface area contributed by atoms with Gasteiger partial charge >= 0.3 is 17.3 Å². The number of nitrogens with zero attached hydrogens (tertiary/aromatic N) is 2. The molecule has 0 amide bonds. The molecule has 3 aromatic rings. The summed E-state index contributed by atoms with van der Waals surface area (Å²) in [7, 11) is 0. The quantitative estimate of drug-likeness (QED) is 0.242. The molecular weight excluding hydrogens is 476 g/mol. The lowest BCUT2D eigenvalue weighted by Crippen LogP contribution is -2.31. The number of aromatic nitrogens is 4. The monoisotopic (exact) mass is 504 g/mol. The summed E-state index contributed by atoms with van der Waals surface area (Å²) in [6.07, 6.45) is 2.83. The van der Waals surface area contributed by atoms with Crippen LogP contribution in [-0.2, 0) is 27.7 Å². The molecule has 0 bridgehead atoms. The Morgan fingerprint density at radius 2 is 1.31 bits per heavy atom. The van der Waals surface area contributed by atoms with E-state index in [0.717, 1.165) is 0 Å². The molecule has 36 heavy (non-hydrogen) atoms. The van der Waals surface area contributed by atoms with Gasteiger partial charge in [0.1, 0.15) is 20.1 Å². The zero-order chi connectivity index (χ0) is 26.5. The average Bonchev–Trinajstić information content (AvgIpc) is 2.86. The molecule has 0 fully saturated rings. The van der Waals surface area contributed by atoms with Crippen LogP contribution in [-0.4, -0.2) is 56.6 Å². The molecule has 0 saturated carbocycles. The second-order valence-corrected chi connectivity index (χ2v) is 7.38. The first-order valence-electron chi connectivity index (χ1n) is 10.8. The molecule has 0 aliphatic rings. The number of carbonyl (C=O) groups excluding carboxylic acids is 1. The molecule has 2 heterocycles. The van der Waals surface area contributed by atoms with Gasteiger partial charge in [-0.3, -0.25) is 28.7 Å². The van der Waals surface area contributed by atoms with Crippen molar-refractivity contribution in [2.45, 2.75) is 27.3 Å². The number of aliphatic hydroxyl groups excluding tert-OH is 1. The topological polar surface area (TPSA) is 175 Å². The van der Waals surface area contributed by atoms with Crippen LogP contribution >= 0.6 is 0 Å². The van der Waals surface area contributed by atoms with Gasteiger partial charge in [-0.15, -0.1) is 0 Å². The maximum Gasteiger partial charge on any atom is 0.338 e. The van der Waals surface area contributed by atoms with Crippen LogP contribution < -0.4 is 22.5 Å². The highest BCUT2D eigenvalue weighted by atomic mass is 16.6. The molecular formula is C23H28N4O9. The number of aryl methyl sites for hydroxylation is 2. The SMILES string of the molecule is Cc1cn(COCCO)c(=O)[nH]c1=O.Cc1cn(COCCOC(=O)c2ccccc2)c(=O)[nH]c1=O. The fourth-order valence-electron chi connectivity index (χ4n) is 2.67. The molecule has 0 aliphatic heterocycles. The lowest BCUT2D eigenvalue weighted by Gasteiger charge is -2.08. The minimum atomic E-state index is -0.545. The third-order valence-electron chi connectivity index (χ3n) is 4.54. The Bertz CT molecular complexity index is 1360. The van der Waals surface area contributed by atoms with Gasteiger partial charge in [-0.25, -0.2) is 14.4 Å². The van der Waals surface area contributed by atoms with Gasteiger partial charge < -0.3 is 19.3 Å². The van der Waals surface area contributed by atoms with Crippen molar-refractivity contribution in [3.63, 3.8) is 0 Å². The second-order valence-electron chi connectivity index (χ2n) is 7.38. The molecule has 13 heteroatoms. The number of hydrogen-bond donors (Lipinski definition) is 3. The molecule has 0 aliphatic carbocycles. The highest BCUT2D eigenvalue weighted by Crippen LogP contribution is 2.00. The van der Waals surface area contributed by atoms with Crippen LogP contribution in [0.15, 0.2) is 61.9 Å². The van der Waals surface area contributed by atoms with Gasteiger partial charge in [0.05, 0.1) is 25.4 Å². The van der Waals surface area contributed by atoms with Crippen molar-refractivity contribution in [2.24, 2.45) is 0 Å². The third-order valence-corrected chi connectivity index (χ3v) is 4.54. The summed E-state index contributed by atoms with van der Waals surface area (Å²) < 4.78 is 17.7. The predicted octanol–water partition coefficient (Wildman–Crippen LogP) is -0.512. The zero-order valence-corrected chi connectivity index (χ0v) is 19.9. The van der Waals surface area contributed by atoms with Crippen molar-refractivity contribution < 1.29 is 24.1 Å². The van der Waals surface area contributed by atoms with Crippen molar-refractivity contribution in [3.8, 4) is 0 Å². The largest absolute Gasteiger partial charge is 0.460 e. The molecule has 0 atom stereocenters. The number of benzene rings is 1. The Morgan fingerprint density at radius 3 is 1.81 bits per heavy atom. The molecule has 13 nitrogen and oxygen atoms in total. The second kappa shape index (κ2) is 14.4. The van der Waals surface area contributed by atoms with E-state index in [1.807, 2.05) is 6.07 Å². The van der Waals surface area contributed by atoms with E-state index in [9.17, 15) is 24.0 Å². The Hall–Kier alpha value is -4.07. The third kappa shape index (κ3) is 8.94.